The van der Waals surface area contributed by atoms with Gasteiger partial charge in [0.1, 0.15) is 5.82 Å². The third-order valence-electron chi connectivity index (χ3n) is 2.41. The highest BCUT2D eigenvalue weighted by Gasteiger charge is 2.23. The molecular formula is C10H13N3O. The Hall–Kier alpha value is -1.58. The molecule has 14 heavy (non-hydrogen) atoms. The number of carbonyl (C=O) groups excluding carboxylic acids is 1. The van der Waals surface area contributed by atoms with Gasteiger partial charge in [0.15, 0.2) is 0 Å². The van der Waals surface area contributed by atoms with Gasteiger partial charge in [-0.3, -0.25) is 4.79 Å². The number of rotatable bonds is 1. The smallest absolute Gasteiger partial charge is 0.255 e. The molecule has 0 spiro atoms. The number of nitrogens with two attached hydrogens (primary N) is 1. The number of fused-ring (bicyclic) bond motifs is 1. The summed E-state index contributed by atoms with van der Waals surface area (Å²) < 4.78 is 0. The maximum absolute atomic E-state index is 11.3. The maximum atomic E-state index is 11.3. The van der Waals surface area contributed by atoms with E-state index in [4.69, 9.17) is 5.73 Å². The topological polar surface area (TPSA) is 68.0 Å². The van der Waals surface area contributed by atoms with Crippen molar-refractivity contribution in [1.29, 1.82) is 0 Å². The summed E-state index contributed by atoms with van der Waals surface area (Å²) >= 11 is 0. The molecular weight excluding hydrogens is 178 g/mol. The van der Waals surface area contributed by atoms with Gasteiger partial charge in [-0.15, -0.1) is 0 Å². The molecule has 1 aromatic rings. The van der Waals surface area contributed by atoms with Crippen LogP contribution in [0.4, 0.5) is 5.82 Å². The van der Waals surface area contributed by atoms with E-state index in [1.807, 2.05) is 6.07 Å². The minimum atomic E-state index is -0.111. The van der Waals surface area contributed by atoms with Crippen LogP contribution in [0.3, 0.4) is 0 Å². The molecule has 3 N–H and O–H groups in total. The molecule has 0 aliphatic carbocycles. The second-order valence-electron chi connectivity index (χ2n) is 3.80. The Labute approximate surface area is 82.5 Å². The summed E-state index contributed by atoms with van der Waals surface area (Å²) in [6, 6.07) is 1.95. The summed E-state index contributed by atoms with van der Waals surface area (Å²) in [4.78, 5) is 15.5. The number of amides is 1. The van der Waals surface area contributed by atoms with Crippen LogP contribution in [-0.2, 0) is 6.54 Å². The molecule has 0 radical (unpaired) electrons. The third kappa shape index (κ3) is 1.23. The number of nitrogens with zero attached hydrogens (tertiary/aromatic N) is 1. The van der Waals surface area contributed by atoms with E-state index in [0.717, 1.165) is 11.3 Å². The fraction of sp³-hybridized carbons (Fsp3) is 0.400. The second kappa shape index (κ2) is 2.97. The Balaban J connectivity index is 2.57. The van der Waals surface area contributed by atoms with Gasteiger partial charge in [0, 0.05) is 12.2 Å². The van der Waals surface area contributed by atoms with Gasteiger partial charge in [0.2, 0.25) is 0 Å². The highest BCUT2D eigenvalue weighted by Crippen LogP contribution is 2.24. The first-order chi connectivity index (χ1) is 6.59. The van der Waals surface area contributed by atoms with E-state index in [9.17, 15) is 4.79 Å². The minimum absolute atomic E-state index is 0.111. The van der Waals surface area contributed by atoms with E-state index in [-0.39, 0.29) is 5.91 Å². The maximum Gasteiger partial charge on any atom is 0.255 e. The molecule has 2 heterocycles. The van der Waals surface area contributed by atoms with Crippen molar-refractivity contribution in [2.45, 2.75) is 26.3 Å². The lowest BCUT2D eigenvalue weighted by molar-refractivity contribution is 0.0966. The van der Waals surface area contributed by atoms with E-state index in [1.165, 1.54) is 0 Å². The fourth-order valence-electron chi connectivity index (χ4n) is 1.60. The summed E-state index contributed by atoms with van der Waals surface area (Å²) in [6.45, 7) is 4.68. The summed E-state index contributed by atoms with van der Waals surface area (Å²) in [7, 11) is 0. The zero-order valence-electron chi connectivity index (χ0n) is 8.29. The van der Waals surface area contributed by atoms with Crippen molar-refractivity contribution in [1.82, 2.24) is 10.3 Å². The zero-order valence-corrected chi connectivity index (χ0v) is 8.29. The van der Waals surface area contributed by atoms with Gasteiger partial charge in [-0.25, -0.2) is 4.98 Å². The number of nitrogen functional groups attached to an aromatic ring is 1. The Kier molecular flexibility index (Phi) is 1.91. The number of pyridine rings is 1. The Bertz CT molecular complexity index is 399. The number of hydrogen-bond acceptors (Lipinski definition) is 3. The normalized spacial score (nSPS) is 14.4. The van der Waals surface area contributed by atoms with Crippen LogP contribution in [0.1, 0.15) is 41.4 Å². The number of aromatic nitrogens is 1. The van der Waals surface area contributed by atoms with Crippen molar-refractivity contribution in [3.05, 3.63) is 22.9 Å². The van der Waals surface area contributed by atoms with Crippen LogP contribution in [-0.4, -0.2) is 10.9 Å². The number of anilines is 1. The van der Waals surface area contributed by atoms with Gasteiger partial charge < -0.3 is 11.1 Å². The summed E-state index contributed by atoms with van der Waals surface area (Å²) in [5, 5.41) is 2.73. The lowest BCUT2D eigenvalue weighted by atomic mass is 10.0. The van der Waals surface area contributed by atoms with Crippen LogP contribution in [0, 0.1) is 0 Å². The minimum Gasteiger partial charge on any atom is -0.383 e. The molecule has 0 saturated carbocycles. The first-order valence-corrected chi connectivity index (χ1v) is 4.67. The predicted molar refractivity (Wildman–Crippen MR) is 53.9 cm³/mol. The zero-order chi connectivity index (χ0) is 10.3. The molecule has 0 unspecified atom stereocenters. The Morgan fingerprint density at radius 1 is 1.57 bits per heavy atom. The summed E-state index contributed by atoms with van der Waals surface area (Å²) in [6.07, 6.45) is 0. The van der Waals surface area contributed by atoms with Gasteiger partial charge in [-0.2, -0.15) is 0 Å². The highest BCUT2D eigenvalue weighted by atomic mass is 16.1. The molecule has 1 amide bonds. The van der Waals surface area contributed by atoms with Gasteiger partial charge in [0.05, 0.1) is 5.56 Å². The van der Waals surface area contributed by atoms with Gasteiger partial charge in [-0.1, -0.05) is 13.8 Å². The van der Waals surface area contributed by atoms with Crippen LogP contribution in [0.25, 0.3) is 0 Å². The van der Waals surface area contributed by atoms with E-state index < -0.39 is 0 Å². The van der Waals surface area contributed by atoms with Crippen molar-refractivity contribution in [3.63, 3.8) is 0 Å². The summed E-state index contributed by atoms with van der Waals surface area (Å²) in [5.74, 6) is 0.569. The van der Waals surface area contributed by atoms with Gasteiger partial charge in [0.25, 0.3) is 5.91 Å². The van der Waals surface area contributed by atoms with Crippen molar-refractivity contribution in [2.75, 3.05) is 5.73 Å². The third-order valence-corrected chi connectivity index (χ3v) is 2.41. The molecule has 0 saturated heterocycles. The SMILES string of the molecule is CC(C)c1cc2c(c(N)n1)C(=O)NC2. The first-order valence-electron chi connectivity index (χ1n) is 4.67. The van der Waals surface area contributed by atoms with Crippen LogP contribution >= 0.6 is 0 Å². The van der Waals surface area contributed by atoms with E-state index in [2.05, 4.69) is 24.1 Å². The first kappa shape index (κ1) is 8.99. The Morgan fingerprint density at radius 3 is 2.93 bits per heavy atom. The van der Waals surface area contributed by atoms with Crippen molar-refractivity contribution in [3.8, 4) is 0 Å². The highest BCUT2D eigenvalue weighted by molar-refractivity contribution is 6.02. The van der Waals surface area contributed by atoms with Gasteiger partial charge >= 0.3 is 0 Å². The van der Waals surface area contributed by atoms with E-state index in [0.29, 0.717) is 23.8 Å². The monoisotopic (exact) mass is 191 g/mol. The number of hydrogen-bond donors (Lipinski definition) is 2. The fourth-order valence-corrected chi connectivity index (χ4v) is 1.60. The second-order valence-corrected chi connectivity index (χ2v) is 3.80. The lowest BCUT2D eigenvalue weighted by Gasteiger charge is -2.07. The molecule has 4 heteroatoms. The molecule has 4 nitrogen and oxygen atoms in total. The molecule has 0 fully saturated rings. The average molecular weight is 191 g/mol. The van der Waals surface area contributed by atoms with Crippen molar-refractivity contribution in [2.24, 2.45) is 0 Å². The van der Waals surface area contributed by atoms with Crippen molar-refractivity contribution < 1.29 is 4.79 Å². The molecule has 1 aliphatic rings. The molecule has 1 aliphatic heterocycles. The largest absolute Gasteiger partial charge is 0.383 e. The van der Waals surface area contributed by atoms with Crippen LogP contribution in [0.2, 0.25) is 0 Å². The van der Waals surface area contributed by atoms with Crippen LogP contribution in [0.15, 0.2) is 6.07 Å². The number of nitrogens with one attached hydrogen (secondary N) is 1. The average Bonchev–Trinajstić information content (AvgIpc) is 2.48. The molecule has 1 aromatic heterocycles. The molecule has 2 rings (SSSR count). The van der Waals surface area contributed by atoms with Crippen LogP contribution < -0.4 is 11.1 Å². The van der Waals surface area contributed by atoms with Crippen LogP contribution in [0.5, 0.6) is 0 Å². The molecule has 0 atom stereocenters. The predicted octanol–water partition coefficient (Wildman–Crippen LogP) is 1.03. The number of carbonyl (C=O) groups is 1. The lowest BCUT2D eigenvalue weighted by Crippen LogP contribution is -2.14. The quantitative estimate of drug-likeness (QED) is 0.696. The van der Waals surface area contributed by atoms with Gasteiger partial charge in [-0.05, 0) is 17.5 Å². The van der Waals surface area contributed by atoms with E-state index >= 15 is 0 Å². The summed E-state index contributed by atoms with van der Waals surface area (Å²) in [5.41, 5.74) is 8.19. The Morgan fingerprint density at radius 2 is 2.29 bits per heavy atom. The van der Waals surface area contributed by atoms with E-state index in [1.54, 1.807) is 0 Å². The molecule has 74 valence electrons. The standard InChI is InChI=1S/C10H13N3O/c1-5(2)7-3-6-4-12-10(14)8(6)9(11)13-7/h3,5H,4H2,1-2H3,(H2,11,13)(H,12,14). The molecule has 0 aromatic carbocycles. The van der Waals surface area contributed by atoms with Crippen molar-refractivity contribution >= 4 is 11.7 Å². The molecule has 0 bridgehead atoms.